The van der Waals surface area contributed by atoms with Gasteiger partial charge in [-0.2, -0.15) is 11.8 Å². The van der Waals surface area contributed by atoms with E-state index in [4.69, 9.17) is 15.3 Å². The summed E-state index contributed by atoms with van der Waals surface area (Å²) in [5.41, 5.74) is 6.17. The Kier molecular flexibility index (Phi) is 3.97. The number of nitrogens with zero attached hydrogens (tertiary/aromatic N) is 1. The van der Waals surface area contributed by atoms with Crippen LogP contribution in [0.2, 0.25) is 0 Å². The first-order valence-corrected chi connectivity index (χ1v) is 5.22. The van der Waals surface area contributed by atoms with Crippen LogP contribution in [-0.2, 0) is 10.5 Å². The average molecular weight is 216 g/mol. The fourth-order valence-electron chi connectivity index (χ4n) is 0.821. The number of carbonyl (C=O) groups is 1. The van der Waals surface area contributed by atoms with Gasteiger partial charge in [-0.15, -0.1) is 0 Å². The molecule has 78 valence electrons. The zero-order valence-electron chi connectivity index (χ0n) is 7.77. The number of thioether (sulfide) groups is 1. The highest BCUT2D eigenvalue weighted by atomic mass is 32.2. The zero-order valence-corrected chi connectivity index (χ0v) is 8.58. The van der Waals surface area contributed by atoms with Gasteiger partial charge in [0.25, 0.3) is 0 Å². The number of hydrogen-bond donors (Lipinski definition) is 2. The summed E-state index contributed by atoms with van der Waals surface area (Å²) in [5, 5.41) is 8.52. The van der Waals surface area contributed by atoms with E-state index in [1.807, 2.05) is 6.92 Å². The van der Waals surface area contributed by atoms with E-state index in [1.54, 1.807) is 0 Å². The molecule has 0 aromatic carbocycles. The smallest absolute Gasteiger partial charge is 0.321 e. The van der Waals surface area contributed by atoms with E-state index in [0.29, 0.717) is 11.5 Å². The van der Waals surface area contributed by atoms with E-state index in [1.165, 1.54) is 18.2 Å². The Morgan fingerprint density at radius 1 is 1.86 bits per heavy atom. The summed E-state index contributed by atoms with van der Waals surface area (Å²) in [6, 6.07) is -0.813. The fraction of sp³-hybridized carbons (Fsp3) is 0.500. The van der Waals surface area contributed by atoms with Crippen LogP contribution in [0, 0.1) is 6.92 Å². The van der Waals surface area contributed by atoms with Gasteiger partial charge in [-0.3, -0.25) is 4.79 Å². The number of aryl methyl sites for hydroxylation is 1. The van der Waals surface area contributed by atoms with Crippen LogP contribution in [0.15, 0.2) is 10.8 Å². The summed E-state index contributed by atoms with van der Waals surface area (Å²) < 4.78 is 5.00. The van der Waals surface area contributed by atoms with Crippen LogP contribution in [0.3, 0.4) is 0 Å². The molecule has 5 nitrogen and oxygen atoms in total. The molecule has 0 fully saturated rings. The number of oxazole rings is 1. The van der Waals surface area contributed by atoms with E-state index in [2.05, 4.69) is 4.98 Å². The monoisotopic (exact) mass is 216 g/mol. The van der Waals surface area contributed by atoms with Crippen molar-refractivity contribution in [1.29, 1.82) is 0 Å². The minimum atomic E-state index is -0.977. The molecular formula is C8H12N2O3S. The Bertz CT molecular complexity index is 313. The summed E-state index contributed by atoms with van der Waals surface area (Å²) in [6.45, 7) is 1.82. The Balaban J connectivity index is 2.29. The number of hydrogen-bond acceptors (Lipinski definition) is 5. The highest BCUT2D eigenvalue weighted by molar-refractivity contribution is 7.98. The second kappa shape index (κ2) is 5.02. The molecule has 1 heterocycles. The van der Waals surface area contributed by atoms with Crippen LogP contribution < -0.4 is 5.73 Å². The molecule has 0 amide bonds. The third kappa shape index (κ3) is 3.04. The molecule has 0 aliphatic heterocycles. The molecule has 1 aromatic heterocycles. The van der Waals surface area contributed by atoms with E-state index in [9.17, 15) is 4.79 Å². The second-order valence-corrected chi connectivity index (χ2v) is 3.85. The number of rotatable bonds is 5. The van der Waals surface area contributed by atoms with Crippen LogP contribution >= 0.6 is 11.8 Å². The predicted octanol–water partition coefficient (Wildman–Crippen LogP) is 0.628. The molecule has 0 radical (unpaired) electrons. The minimum absolute atomic E-state index is 0.377. The molecule has 14 heavy (non-hydrogen) atoms. The third-order valence-electron chi connectivity index (χ3n) is 1.70. The van der Waals surface area contributed by atoms with Gasteiger partial charge >= 0.3 is 5.97 Å². The summed E-state index contributed by atoms with van der Waals surface area (Å²) in [6.07, 6.45) is 1.38. The van der Waals surface area contributed by atoms with Crippen molar-refractivity contribution in [2.24, 2.45) is 5.73 Å². The van der Waals surface area contributed by atoms with Crippen molar-refractivity contribution in [3.63, 3.8) is 0 Å². The van der Waals surface area contributed by atoms with Gasteiger partial charge in [-0.1, -0.05) is 0 Å². The Morgan fingerprint density at radius 3 is 3.07 bits per heavy atom. The highest BCUT2D eigenvalue weighted by Gasteiger charge is 2.11. The van der Waals surface area contributed by atoms with Crippen molar-refractivity contribution in [3.8, 4) is 0 Å². The van der Waals surface area contributed by atoms with Crippen molar-refractivity contribution < 1.29 is 14.3 Å². The van der Waals surface area contributed by atoms with Crippen molar-refractivity contribution in [2.45, 2.75) is 18.7 Å². The highest BCUT2D eigenvalue weighted by Crippen LogP contribution is 2.14. The first kappa shape index (κ1) is 11.1. The lowest BCUT2D eigenvalue weighted by atomic mass is 10.4. The van der Waals surface area contributed by atoms with Crippen LogP contribution in [0.25, 0.3) is 0 Å². The minimum Gasteiger partial charge on any atom is -0.480 e. The maximum Gasteiger partial charge on any atom is 0.321 e. The van der Waals surface area contributed by atoms with Gasteiger partial charge in [0, 0.05) is 11.5 Å². The maximum absolute atomic E-state index is 10.4. The van der Waals surface area contributed by atoms with E-state index < -0.39 is 12.0 Å². The van der Waals surface area contributed by atoms with Crippen molar-refractivity contribution in [1.82, 2.24) is 4.98 Å². The first-order valence-electron chi connectivity index (χ1n) is 4.06. The zero-order chi connectivity index (χ0) is 10.6. The number of carboxylic acid groups (broad SMARTS) is 1. The normalized spacial score (nSPS) is 12.7. The summed E-state index contributed by atoms with van der Waals surface area (Å²) in [5.74, 6) is 0.793. The summed E-state index contributed by atoms with van der Waals surface area (Å²) >= 11 is 1.43. The summed E-state index contributed by atoms with van der Waals surface area (Å²) in [7, 11) is 0. The van der Waals surface area contributed by atoms with E-state index in [-0.39, 0.29) is 0 Å². The molecule has 1 atom stereocenters. The first-order chi connectivity index (χ1) is 6.61. The second-order valence-electron chi connectivity index (χ2n) is 2.82. The quantitative estimate of drug-likeness (QED) is 0.750. The largest absolute Gasteiger partial charge is 0.480 e. The van der Waals surface area contributed by atoms with Gasteiger partial charge in [0.1, 0.15) is 11.8 Å². The molecule has 0 saturated carbocycles. The van der Waals surface area contributed by atoms with E-state index in [0.717, 1.165) is 11.5 Å². The van der Waals surface area contributed by atoms with Crippen LogP contribution in [0.5, 0.6) is 0 Å². The lowest BCUT2D eigenvalue weighted by molar-refractivity contribution is -0.137. The van der Waals surface area contributed by atoms with Gasteiger partial charge in [-0.25, -0.2) is 4.98 Å². The lowest BCUT2D eigenvalue weighted by Crippen LogP contribution is -2.32. The number of nitrogens with two attached hydrogens (primary N) is 1. The van der Waals surface area contributed by atoms with Gasteiger partial charge in [0.05, 0.1) is 5.69 Å². The van der Waals surface area contributed by atoms with Crippen LogP contribution in [-0.4, -0.2) is 27.9 Å². The number of carboxylic acids is 1. The molecule has 3 N–H and O–H groups in total. The molecular weight excluding hydrogens is 204 g/mol. The van der Waals surface area contributed by atoms with Gasteiger partial charge in [0.2, 0.25) is 0 Å². The average Bonchev–Trinajstić information content (AvgIpc) is 2.51. The van der Waals surface area contributed by atoms with Crippen molar-refractivity contribution in [2.75, 3.05) is 5.75 Å². The molecule has 0 bridgehead atoms. The van der Waals surface area contributed by atoms with Gasteiger partial charge in [0.15, 0.2) is 6.39 Å². The van der Waals surface area contributed by atoms with Crippen LogP contribution in [0.1, 0.15) is 11.5 Å². The molecule has 6 heteroatoms. The Morgan fingerprint density at radius 2 is 2.57 bits per heavy atom. The standard InChI is InChI=1S/C8H12N2O3S/c1-5-7(10-4-13-5)3-14-2-6(9)8(11)12/h4,6H,2-3,9H2,1H3,(H,11,12)/t6-/m1/s1. The fourth-order valence-corrected chi connectivity index (χ4v) is 1.81. The maximum atomic E-state index is 10.4. The molecule has 0 aliphatic carbocycles. The van der Waals surface area contributed by atoms with E-state index >= 15 is 0 Å². The topological polar surface area (TPSA) is 89.4 Å². The SMILES string of the molecule is Cc1ocnc1CSC[C@@H](N)C(=O)O. The molecule has 0 spiro atoms. The molecule has 0 unspecified atom stereocenters. The van der Waals surface area contributed by atoms with Gasteiger partial charge < -0.3 is 15.3 Å². The number of aromatic nitrogens is 1. The van der Waals surface area contributed by atoms with Gasteiger partial charge in [-0.05, 0) is 6.92 Å². The molecule has 1 aromatic rings. The van der Waals surface area contributed by atoms with Crippen molar-refractivity contribution >= 4 is 17.7 Å². The molecule has 0 saturated heterocycles. The number of aliphatic carboxylic acids is 1. The third-order valence-corrected chi connectivity index (χ3v) is 2.77. The van der Waals surface area contributed by atoms with Crippen LogP contribution in [0.4, 0.5) is 0 Å². The molecule has 1 rings (SSSR count). The molecule has 0 aliphatic rings. The Hall–Kier alpha value is -1.01. The van der Waals surface area contributed by atoms with Crippen molar-refractivity contribution in [3.05, 3.63) is 17.8 Å². The predicted molar refractivity (Wildman–Crippen MR) is 53.0 cm³/mol. The Labute approximate surface area is 85.7 Å². The summed E-state index contributed by atoms with van der Waals surface area (Å²) in [4.78, 5) is 14.4. The lowest BCUT2D eigenvalue weighted by Gasteiger charge is -2.04.